The number of benzene rings is 1. The molecule has 0 bridgehead atoms. The maximum Gasteiger partial charge on any atom is 0.0771 e. The molecule has 14 heavy (non-hydrogen) atoms. The third kappa shape index (κ3) is 1.51. The van der Waals surface area contributed by atoms with E-state index in [1.807, 2.05) is 19.3 Å². The van der Waals surface area contributed by atoms with E-state index in [9.17, 15) is 0 Å². The second-order valence-corrected chi connectivity index (χ2v) is 3.94. The molecule has 0 amide bonds. The standard InChI is InChI=1S/C11H12N2S/c1-13-6-5-9-8(7-11(12)14)3-2-4-10(9)13/h2-6H,7H2,1H3,(H2,12,14). The zero-order chi connectivity index (χ0) is 10.1. The Morgan fingerprint density at radius 2 is 2.21 bits per heavy atom. The summed E-state index contributed by atoms with van der Waals surface area (Å²) in [7, 11) is 2.03. The molecule has 0 saturated heterocycles. The van der Waals surface area contributed by atoms with Crippen molar-refractivity contribution in [3.63, 3.8) is 0 Å². The Bertz CT molecular complexity index is 485. The van der Waals surface area contributed by atoms with Gasteiger partial charge in [0.2, 0.25) is 0 Å². The fraction of sp³-hybridized carbons (Fsp3) is 0.182. The molecule has 1 heterocycles. The summed E-state index contributed by atoms with van der Waals surface area (Å²) in [5, 5.41) is 1.24. The fourth-order valence-corrected chi connectivity index (χ4v) is 1.86. The SMILES string of the molecule is Cn1ccc2c(CC(N)=S)cccc21. The van der Waals surface area contributed by atoms with Crippen molar-refractivity contribution in [1.29, 1.82) is 0 Å². The molecule has 0 saturated carbocycles. The van der Waals surface area contributed by atoms with E-state index in [1.165, 1.54) is 16.5 Å². The van der Waals surface area contributed by atoms with Crippen LogP contribution >= 0.6 is 12.2 Å². The Morgan fingerprint density at radius 1 is 1.43 bits per heavy atom. The zero-order valence-corrected chi connectivity index (χ0v) is 8.84. The molecule has 3 heteroatoms. The average molecular weight is 204 g/mol. The van der Waals surface area contributed by atoms with Crippen molar-refractivity contribution in [2.24, 2.45) is 12.8 Å². The lowest BCUT2D eigenvalue weighted by atomic mass is 10.1. The first-order chi connectivity index (χ1) is 6.68. The lowest BCUT2D eigenvalue weighted by molar-refractivity contribution is 0.969. The minimum atomic E-state index is 0.543. The Morgan fingerprint density at radius 3 is 2.93 bits per heavy atom. The highest BCUT2D eigenvalue weighted by Crippen LogP contribution is 2.19. The summed E-state index contributed by atoms with van der Waals surface area (Å²) in [5.74, 6) is 0. The highest BCUT2D eigenvalue weighted by molar-refractivity contribution is 7.80. The van der Waals surface area contributed by atoms with E-state index >= 15 is 0 Å². The molecular weight excluding hydrogens is 192 g/mol. The van der Waals surface area contributed by atoms with Gasteiger partial charge >= 0.3 is 0 Å². The van der Waals surface area contributed by atoms with Crippen LogP contribution in [0.15, 0.2) is 30.5 Å². The number of nitrogens with two attached hydrogens (primary N) is 1. The van der Waals surface area contributed by atoms with Gasteiger partial charge in [0.25, 0.3) is 0 Å². The van der Waals surface area contributed by atoms with Gasteiger partial charge in [-0.1, -0.05) is 24.4 Å². The van der Waals surface area contributed by atoms with Gasteiger partial charge in [-0.2, -0.15) is 0 Å². The molecule has 1 aromatic heterocycles. The van der Waals surface area contributed by atoms with Crippen molar-refractivity contribution in [3.05, 3.63) is 36.0 Å². The number of hydrogen-bond acceptors (Lipinski definition) is 1. The molecular formula is C11H12N2S. The van der Waals surface area contributed by atoms with Crippen molar-refractivity contribution in [2.75, 3.05) is 0 Å². The maximum absolute atomic E-state index is 5.55. The fourth-order valence-electron chi connectivity index (χ4n) is 1.71. The minimum Gasteiger partial charge on any atom is -0.393 e. The van der Waals surface area contributed by atoms with Gasteiger partial charge in [-0.15, -0.1) is 0 Å². The lowest BCUT2D eigenvalue weighted by Gasteiger charge is -2.02. The second-order valence-electron chi connectivity index (χ2n) is 3.42. The van der Waals surface area contributed by atoms with Crippen LogP contribution in [0.1, 0.15) is 5.56 Å². The summed E-state index contributed by atoms with van der Waals surface area (Å²) in [4.78, 5) is 0.543. The zero-order valence-electron chi connectivity index (χ0n) is 8.03. The van der Waals surface area contributed by atoms with E-state index in [-0.39, 0.29) is 0 Å². The third-order valence-corrected chi connectivity index (χ3v) is 2.53. The number of aryl methyl sites for hydroxylation is 1. The second kappa shape index (κ2) is 3.42. The summed E-state index contributed by atoms with van der Waals surface area (Å²) >= 11 is 4.92. The molecule has 0 fully saturated rings. The number of thiocarbonyl (C=S) groups is 1. The van der Waals surface area contributed by atoms with Gasteiger partial charge in [-0.25, -0.2) is 0 Å². The molecule has 1 aromatic carbocycles. The van der Waals surface area contributed by atoms with Crippen molar-refractivity contribution < 1.29 is 0 Å². The van der Waals surface area contributed by atoms with E-state index in [0.717, 1.165) is 0 Å². The van der Waals surface area contributed by atoms with E-state index in [4.69, 9.17) is 18.0 Å². The van der Waals surface area contributed by atoms with Crippen LogP contribution in [-0.2, 0) is 13.5 Å². The largest absolute Gasteiger partial charge is 0.393 e. The summed E-state index contributed by atoms with van der Waals surface area (Å²) in [6.45, 7) is 0. The number of nitrogens with zero attached hydrogens (tertiary/aromatic N) is 1. The summed E-state index contributed by atoms with van der Waals surface area (Å²) < 4.78 is 2.10. The molecule has 2 aromatic rings. The summed E-state index contributed by atoms with van der Waals surface area (Å²) in [6, 6.07) is 8.30. The highest BCUT2D eigenvalue weighted by Gasteiger charge is 2.03. The summed E-state index contributed by atoms with van der Waals surface area (Å²) in [5.41, 5.74) is 7.97. The summed E-state index contributed by atoms with van der Waals surface area (Å²) in [6.07, 6.45) is 2.73. The Kier molecular flexibility index (Phi) is 2.25. The Hall–Kier alpha value is -1.35. The lowest BCUT2D eigenvalue weighted by Crippen LogP contribution is -2.11. The van der Waals surface area contributed by atoms with Crippen LogP contribution in [-0.4, -0.2) is 9.56 Å². The van der Waals surface area contributed by atoms with E-state index < -0.39 is 0 Å². The quantitative estimate of drug-likeness (QED) is 0.759. The smallest absolute Gasteiger partial charge is 0.0771 e. The normalized spacial score (nSPS) is 10.6. The maximum atomic E-state index is 5.55. The number of rotatable bonds is 2. The van der Waals surface area contributed by atoms with Gasteiger partial charge < -0.3 is 10.3 Å². The van der Waals surface area contributed by atoms with Crippen LogP contribution in [0, 0.1) is 0 Å². The molecule has 0 aliphatic heterocycles. The third-order valence-electron chi connectivity index (χ3n) is 2.38. The molecule has 0 unspecified atom stereocenters. The number of fused-ring (bicyclic) bond motifs is 1. The molecule has 0 atom stereocenters. The molecule has 2 N–H and O–H groups in total. The van der Waals surface area contributed by atoms with Crippen LogP contribution < -0.4 is 5.73 Å². The van der Waals surface area contributed by atoms with Gasteiger partial charge in [0.05, 0.1) is 4.99 Å². The average Bonchev–Trinajstić information content (AvgIpc) is 2.49. The number of hydrogen-bond donors (Lipinski definition) is 1. The predicted octanol–water partition coefficient (Wildman–Crippen LogP) is 2.01. The first-order valence-electron chi connectivity index (χ1n) is 4.49. The molecule has 2 rings (SSSR count). The van der Waals surface area contributed by atoms with Crippen molar-refractivity contribution in [2.45, 2.75) is 6.42 Å². The monoisotopic (exact) mass is 204 g/mol. The van der Waals surface area contributed by atoms with Crippen molar-refractivity contribution in [1.82, 2.24) is 4.57 Å². The first-order valence-corrected chi connectivity index (χ1v) is 4.90. The number of aromatic nitrogens is 1. The van der Waals surface area contributed by atoms with Gasteiger partial charge in [-0.05, 0) is 17.7 Å². The predicted molar refractivity (Wildman–Crippen MR) is 63.4 cm³/mol. The molecule has 72 valence electrons. The van der Waals surface area contributed by atoms with Crippen LogP contribution in [0.25, 0.3) is 10.9 Å². The van der Waals surface area contributed by atoms with Gasteiger partial charge in [0.1, 0.15) is 0 Å². The first kappa shape index (κ1) is 9.21. The molecule has 0 spiro atoms. The minimum absolute atomic E-state index is 0.543. The molecule has 0 radical (unpaired) electrons. The van der Waals surface area contributed by atoms with Crippen molar-refractivity contribution in [3.8, 4) is 0 Å². The van der Waals surface area contributed by atoms with Gasteiger partial charge in [-0.3, -0.25) is 0 Å². The van der Waals surface area contributed by atoms with Crippen LogP contribution in [0.4, 0.5) is 0 Å². The van der Waals surface area contributed by atoms with E-state index in [1.54, 1.807) is 0 Å². The Balaban J connectivity index is 2.59. The topological polar surface area (TPSA) is 30.9 Å². The van der Waals surface area contributed by atoms with E-state index in [2.05, 4.69) is 22.8 Å². The molecule has 2 nitrogen and oxygen atoms in total. The van der Waals surface area contributed by atoms with Crippen LogP contribution in [0.3, 0.4) is 0 Å². The van der Waals surface area contributed by atoms with Crippen LogP contribution in [0.2, 0.25) is 0 Å². The van der Waals surface area contributed by atoms with Crippen LogP contribution in [0.5, 0.6) is 0 Å². The Labute approximate surface area is 88.3 Å². The molecule has 0 aliphatic rings. The van der Waals surface area contributed by atoms with Gasteiger partial charge in [0, 0.05) is 30.6 Å². The highest BCUT2D eigenvalue weighted by atomic mass is 32.1. The van der Waals surface area contributed by atoms with Crippen molar-refractivity contribution >= 4 is 28.1 Å². The van der Waals surface area contributed by atoms with E-state index in [0.29, 0.717) is 11.4 Å². The molecule has 0 aliphatic carbocycles. The van der Waals surface area contributed by atoms with Gasteiger partial charge in [0.15, 0.2) is 0 Å².